The van der Waals surface area contributed by atoms with Crippen molar-refractivity contribution >= 4 is 65.5 Å². The van der Waals surface area contributed by atoms with Crippen molar-refractivity contribution in [1.29, 1.82) is 0 Å². The number of hydrogen-bond acceptors (Lipinski definition) is 6. The molecular formula is C40H40Br2F2N4O4. The summed E-state index contributed by atoms with van der Waals surface area (Å²) in [5, 5.41) is 0. The number of benzene rings is 4. The van der Waals surface area contributed by atoms with Crippen molar-refractivity contribution in [2.45, 2.75) is 53.6 Å². The highest BCUT2D eigenvalue weighted by atomic mass is 79.9. The Morgan fingerprint density at radius 1 is 0.635 bits per heavy atom. The minimum absolute atomic E-state index is 0.134. The lowest BCUT2D eigenvalue weighted by Crippen LogP contribution is -2.13. The summed E-state index contributed by atoms with van der Waals surface area (Å²) >= 11 is 6.93. The van der Waals surface area contributed by atoms with Crippen molar-refractivity contribution in [1.82, 2.24) is 19.1 Å². The molecule has 0 fully saturated rings. The van der Waals surface area contributed by atoms with Gasteiger partial charge in [0, 0.05) is 32.9 Å². The number of fused-ring (bicyclic) bond motifs is 2. The molecule has 0 aliphatic rings. The fraction of sp³-hybridized carbons (Fsp3) is 0.300. The summed E-state index contributed by atoms with van der Waals surface area (Å²) in [7, 11) is 2.85. The third-order valence-electron chi connectivity index (χ3n) is 8.18. The van der Waals surface area contributed by atoms with Crippen LogP contribution in [-0.4, -0.2) is 44.9 Å². The fourth-order valence-electron chi connectivity index (χ4n) is 5.95. The monoisotopic (exact) mass is 836 g/mol. The van der Waals surface area contributed by atoms with E-state index in [1.807, 2.05) is 73.2 Å². The van der Waals surface area contributed by atoms with Crippen LogP contribution in [0.3, 0.4) is 0 Å². The van der Waals surface area contributed by atoms with E-state index in [-0.39, 0.29) is 36.2 Å². The quantitative estimate of drug-likeness (QED) is 0.122. The van der Waals surface area contributed by atoms with Gasteiger partial charge in [-0.25, -0.2) is 18.7 Å². The number of rotatable bonds is 12. The average molecular weight is 839 g/mol. The van der Waals surface area contributed by atoms with Crippen LogP contribution in [0.4, 0.5) is 8.78 Å². The van der Waals surface area contributed by atoms with Gasteiger partial charge in [0.15, 0.2) is 34.7 Å². The second kappa shape index (κ2) is 16.9. The second-order valence-corrected chi connectivity index (χ2v) is 15.1. The molecule has 272 valence electrons. The molecule has 52 heavy (non-hydrogen) atoms. The third kappa shape index (κ3) is 9.14. The highest BCUT2D eigenvalue weighted by molar-refractivity contribution is 9.10. The number of imidazole rings is 2. The van der Waals surface area contributed by atoms with E-state index in [9.17, 15) is 18.4 Å². The topological polar surface area (TPSA) is 88.2 Å². The molecule has 12 heteroatoms. The second-order valence-electron chi connectivity index (χ2n) is 13.3. The maximum Gasteiger partial charge on any atom is 0.165 e. The van der Waals surface area contributed by atoms with Gasteiger partial charge < -0.3 is 18.6 Å². The molecule has 0 atom stereocenters. The summed E-state index contributed by atoms with van der Waals surface area (Å²) in [5.41, 5.74) is 4.68. The van der Waals surface area contributed by atoms with Gasteiger partial charge in [-0.3, -0.25) is 9.59 Å². The number of halogens is 4. The Hall–Kier alpha value is -4.42. The van der Waals surface area contributed by atoms with Crippen LogP contribution in [0.25, 0.3) is 44.8 Å². The lowest BCUT2D eigenvalue weighted by Gasteiger charge is -2.11. The zero-order chi connectivity index (χ0) is 37.7. The van der Waals surface area contributed by atoms with Crippen molar-refractivity contribution in [2.75, 3.05) is 14.2 Å². The first-order valence-electron chi connectivity index (χ1n) is 16.8. The summed E-state index contributed by atoms with van der Waals surface area (Å²) < 4.78 is 43.3. The average Bonchev–Trinajstić information content (AvgIpc) is 3.61. The van der Waals surface area contributed by atoms with Crippen LogP contribution < -0.4 is 9.47 Å². The van der Waals surface area contributed by atoms with Crippen LogP contribution in [0.1, 0.15) is 40.5 Å². The molecule has 0 bridgehead atoms. The first-order chi connectivity index (χ1) is 24.8. The van der Waals surface area contributed by atoms with Gasteiger partial charge >= 0.3 is 0 Å². The molecule has 0 radical (unpaired) electrons. The number of methoxy groups -OCH3 is 2. The molecule has 0 unspecified atom stereocenters. The number of aromatic nitrogens is 4. The van der Waals surface area contributed by atoms with Crippen molar-refractivity contribution < 1.29 is 27.8 Å². The van der Waals surface area contributed by atoms with Crippen molar-refractivity contribution in [3.63, 3.8) is 0 Å². The van der Waals surface area contributed by atoms with Crippen LogP contribution in [0.15, 0.2) is 81.7 Å². The molecule has 2 aromatic heterocycles. The minimum Gasteiger partial charge on any atom is -0.494 e. The van der Waals surface area contributed by atoms with Gasteiger partial charge in [0.05, 0.1) is 49.4 Å². The summed E-state index contributed by atoms with van der Waals surface area (Å²) in [6, 6.07) is 20.7. The highest BCUT2D eigenvalue weighted by Gasteiger charge is 2.19. The van der Waals surface area contributed by atoms with Gasteiger partial charge in [0.2, 0.25) is 0 Å². The molecule has 4 aromatic carbocycles. The Labute approximate surface area is 318 Å². The lowest BCUT2D eigenvalue weighted by molar-refractivity contribution is -0.121. The van der Waals surface area contributed by atoms with Crippen molar-refractivity contribution in [3.8, 4) is 34.3 Å². The Balaban J connectivity index is 0.000000201. The number of hydrogen-bond donors (Lipinski definition) is 0. The number of Topliss-reactive ketones (excluding diaryl/α,β-unsaturated/α-hetero) is 2. The molecular weight excluding hydrogens is 798 g/mol. The van der Waals surface area contributed by atoms with Gasteiger partial charge in [-0.2, -0.15) is 0 Å². The first kappa shape index (κ1) is 38.8. The van der Waals surface area contributed by atoms with Gasteiger partial charge in [0.1, 0.15) is 11.6 Å². The SMILES string of the molecule is COc1cc(-c2nc3cc(Br)ccc3n2CC(=O)CC(C)C)ccc1F.COc1cc(-c2nc3ccc(Br)cc3n2CC(=O)CC(C)C)ccc1F. The van der Waals surface area contributed by atoms with Crippen molar-refractivity contribution in [2.24, 2.45) is 11.8 Å². The standard InChI is InChI=1S/2C20H20BrFN2O2/c1-12(2)8-15(25)11-24-18-7-5-14(21)10-17(18)23-20(24)13-4-6-16(22)19(9-13)26-3;1-12(2)8-15(25)11-24-18-10-14(21)5-7-17(18)23-20(24)13-4-6-16(22)19(9-13)26-3/h2*4-7,9-10,12H,8,11H2,1-3H3. The number of ether oxygens (including phenoxy) is 2. The van der Waals surface area contributed by atoms with E-state index in [1.165, 1.54) is 26.4 Å². The molecule has 0 N–H and O–H groups in total. The first-order valence-corrected chi connectivity index (χ1v) is 18.4. The molecule has 2 heterocycles. The fourth-order valence-corrected chi connectivity index (χ4v) is 6.65. The zero-order valence-corrected chi connectivity index (χ0v) is 33.0. The number of ketones is 2. The normalized spacial score (nSPS) is 11.3. The van der Waals surface area contributed by atoms with Crippen LogP contribution in [0.5, 0.6) is 11.5 Å². The van der Waals surface area contributed by atoms with E-state index in [0.29, 0.717) is 47.5 Å². The largest absolute Gasteiger partial charge is 0.494 e. The van der Waals surface area contributed by atoms with E-state index in [2.05, 4.69) is 41.8 Å². The maximum atomic E-state index is 13.8. The number of carbonyl (C=O) groups excluding carboxylic acids is 2. The summed E-state index contributed by atoms with van der Waals surface area (Å²) in [5.74, 6) is 1.52. The molecule has 0 saturated heterocycles. The minimum atomic E-state index is -0.433. The molecule has 0 saturated carbocycles. The molecule has 8 nitrogen and oxygen atoms in total. The van der Waals surface area contributed by atoms with E-state index in [4.69, 9.17) is 9.47 Å². The smallest absolute Gasteiger partial charge is 0.165 e. The summed E-state index contributed by atoms with van der Waals surface area (Å²) in [6.45, 7) is 8.53. The Bertz CT molecular complexity index is 2200. The van der Waals surface area contributed by atoms with Gasteiger partial charge in [-0.15, -0.1) is 0 Å². The Morgan fingerprint density at radius 3 is 1.60 bits per heavy atom. The third-order valence-corrected chi connectivity index (χ3v) is 9.17. The molecule has 0 aliphatic carbocycles. The van der Waals surface area contributed by atoms with E-state index in [1.54, 1.807) is 24.3 Å². The Morgan fingerprint density at radius 2 is 1.10 bits per heavy atom. The zero-order valence-electron chi connectivity index (χ0n) is 29.8. The van der Waals surface area contributed by atoms with E-state index >= 15 is 0 Å². The van der Waals surface area contributed by atoms with Crippen LogP contribution in [0.2, 0.25) is 0 Å². The van der Waals surface area contributed by atoms with Crippen LogP contribution in [0, 0.1) is 23.5 Å². The number of carbonyl (C=O) groups is 2. The van der Waals surface area contributed by atoms with Crippen LogP contribution in [-0.2, 0) is 22.7 Å². The molecule has 0 amide bonds. The predicted molar refractivity (Wildman–Crippen MR) is 208 cm³/mol. The maximum absolute atomic E-state index is 13.8. The molecule has 0 spiro atoms. The number of nitrogens with zero attached hydrogens (tertiary/aromatic N) is 4. The lowest BCUT2D eigenvalue weighted by atomic mass is 10.1. The molecule has 6 rings (SSSR count). The predicted octanol–water partition coefficient (Wildman–Crippen LogP) is 10.5. The molecule has 0 aliphatic heterocycles. The van der Waals surface area contributed by atoms with E-state index < -0.39 is 11.6 Å². The Kier molecular flexibility index (Phi) is 12.6. The van der Waals surface area contributed by atoms with E-state index in [0.717, 1.165) is 31.0 Å². The van der Waals surface area contributed by atoms with Gasteiger partial charge in [-0.1, -0.05) is 59.6 Å². The van der Waals surface area contributed by atoms with Gasteiger partial charge in [-0.05, 0) is 84.6 Å². The van der Waals surface area contributed by atoms with Gasteiger partial charge in [0.25, 0.3) is 0 Å². The van der Waals surface area contributed by atoms with Crippen LogP contribution >= 0.6 is 31.9 Å². The van der Waals surface area contributed by atoms with Crippen molar-refractivity contribution in [3.05, 3.63) is 93.4 Å². The summed E-state index contributed by atoms with van der Waals surface area (Å²) in [6.07, 6.45) is 1.00. The molecule has 6 aromatic rings. The summed E-state index contributed by atoms with van der Waals surface area (Å²) in [4.78, 5) is 34.3. The highest BCUT2D eigenvalue weighted by Crippen LogP contribution is 2.32.